The molecule has 108 valence electrons. The smallest absolute Gasteiger partial charge is 0.410 e. The molecule has 0 aromatic rings. The molecule has 2 amide bonds. The van der Waals surface area contributed by atoms with Crippen LogP contribution in [-0.2, 0) is 9.53 Å². The van der Waals surface area contributed by atoms with E-state index in [0.29, 0.717) is 25.6 Å². The van der Waals surface area contributed by atoms with Crippen LogP contribution in [0.3, 0.4) is 0 Å². The number of nitrogens with zero attached hydrogens (tertiary/aromatic N) is 1. The molecule has 1 saturated heterocycles. The van der Waals surface area contributed by atoms with Gasteiger partial charge < -0.3 is 15.0 Å². The zero-order chi connectivity index (χ0) is 14.3. The third-order valence-corrected chi connectivity index (χ3v) is 2.25. The second-order valence-corrected chi connectivity index (χ2v) is 5.19. The fraction of sp³-hybridized carbons (Fsp3) is 0.846. The van der Waals surface area contributed by atoms with Crippen LogP contribution in [0.25, 0.3) is 0 Å². The molecule has 5 heteroatoms. The second-order valence-electron chi connectivity index (χ2n) is 5.19. The highest BCUT2D eigenvalue weighted by Crippen LogP contribution is 2.18. The largest absolute Gasteiger partial charge is 0.444 e. The molecular weight excluding hydrogens is 232 g/mol. The highest BCUT2D eigenvalue weighted by molar-refractivity contribution is 5.73. The van der Waals surface area contributed by atoms with Crippen LogP contribution >= 0.6 is 0 Å². The molecular formula is C13H28N2O3. The van der Waals surface area contributed by atoms with Gasteiger partial charge in [-0.05, 0) is 20.8 Å². The van der Waals surface area contributed by atoms with E-state index < -0.39 is 5.60 Å². The Morgan fingerprint density at radius 1 is 1.33 bits per heavy atom. The van der Waals surface area contributed by atoms with Crippen LogP contribution in [0.4, 0.5) is 4.79 Å². The van der Waals surface area contributed by atoms with Gasteiger partial charge in [-0.15, -0.1) is 0 Å². The van der Waals surface area contributed by atoms with Gasteiger partial charge in [-0.3, -0.25) is 4.79 Å². The van der Waals surface area contributed by atoms with Crippen molar-refractivity contribution in [3.63, 3.8) is 0 Å². The van der Waals surface area contributed by atoms with E-state index in [1.807, 2.05) is 34.6 Å². The molecule has 0 spiro atoms. The molecule has 1 aliphatic heterocycles. The average molecular weight is 260 g/mol. The van der Waals surface area contributed by atoms with Crippen molar-refractivity contribution < 1.29 is 15.8 Å². The van der Waals surface area contributed by atoms with Gasteiger partial charge in [0, 0.05) is 33.9 Å². The molecule has 0 saturated carbocycles. The summed E-state index contributed by atoms with van der Waals surface area (Å²) in [5.74, 6) is 0.326. The molecule has 1 fully saturated rings. The van der Waals surface area contributed by atoms with Gasteiger partial charge in [0.1, 0.15) is 5.60 Å². The standard InChI is InChI=1S/C11H20N2O3.C2H6.H2/c1-8(14)12-5-9-6-13(7-9)10(15)16-11(2,3)4;1-2;/h9H,5-7H2,1-4H3,(H,12,14);1-2H3;1H. The molecule has 1 N–H and O–H groups in total. The highest BCUT2D eigenvalue weighted by Gasteiger charge is 2.33. The Morgan fingerprint density at radius 3 is 2.22 bits per heavy atom. The third-order valence-electron chi connectivity index (χ3n) is 2.25. The molecule has 0 bridgehead atoms. The quantitative estimate of drug-likeness (QED) is 0.828. The molecule has 0 atom stereocenters. The maximum Gasteiger partial charge on any atom is 0.410 e. The lowest BCUT2D eigenvalue weighted by Gasteiger charge is -2.39. The first-order valence-corrected chi connectivity index (χ1v) is 6.50. The maximum absolute atomic E-state index is 11.5. The van der Waals surface area contributed by atoms with Crippen LogP contribution in [0, 0.1) is 5.92 Å². The van der Waals surface area contributed by atoms with Crippen molar-refractivity contribution in [2.75, 3.05) is 19.6 Å². The van der Waals surface area contributed by atoms with Crippen LogP contribution in [0.1, 0.15) is 43.0 Å². The van der Waals surface area contributed by atoms with Crippen molar-refractivity contribution in [1.29, 1.82) is 0 Å². The molecule has 0 radical (unpaired) electrons. The van der Waals surface area contributed by atoms with Gasteiger partial charge >= 0.3 is 6.09 Å². The van der Waals surface area contributed by atoms with E-state index >= 15 is 0 Å². The zero-order valence-corrected chi connectivity index (χ0v) is 12.4. The van der Waals surface area contributed by atoms with Gasteiger partial charge in [0.2, 0.25) is 5.91 Å². The Bertz CT molecular complexity index is 284. The molecule has 1 aliphatic rings. The van der Waals surface area contributed by atoms with Crippen molar-refractivity contribution in [3.8, 4) is 0 Å². The molecule has 5 nitrogen and oxygen atoms in total. The lowest BCUT2D eigenvalue weighted by atomic mass is 10.0. The van der Waals surface area contributed by atoms with Crippen molar-refractivity contribution in [3.05, 3.63) is 0 Å². The molecule has 18 heavy (non-hydrogen) atoms. The number of hydrogen-bond donors (Lipinski definition) is 1. The summed E-state index contributed by atoms with van der Waals surface area (Å²) in [5, 5.41) is 2.74. The van der Waals surface area contributed by atoms with Crippen LogP contribution in [0.5, 0.6) is 0 Å². The molecule has 0 aromatic heterocycles. The van der Waals surface area contributed by atoms with E-state index in [-0.39, 0.29) is 13.4 Å². The molecule has 1 rings (SSSR count). The van der Waals surface area contributed by atoms with Gasteiger partial charge in [0.05, 0.1) is 0 Å². The minimum Gasteiger partial charge on any atom is -0.444 e. The lowest BCUT2D eigenvalue weighted by Crippen LogP contribution is -2.54. The number of carbonyl (C=O) groups is 2. The lowest BCUT2D eigenvalue weighted by molar-refractivity contribution is -0.119. The number of rotatable bonds is 2. The minimum absolute atomic E-state index is 0. The van der Waals surface area contributed by atoms with E-state index in [4.69, 9.17) is 4.74 Å². The predicted octanol–water partition coefficient (Wildman–Crippen LogP) is 2.26. The second kappa shape index (κ2) is 7.24. The summed E-state index contributed by atoms with van der Waals surface area (Å²) in [5.41, 5.74) is -0.445. The minimum atomic E-state index is -0.445. The molecule has 0 aliphatic carbocycles. The summed E-state index contributed by atoms with van der Waals surface area (Å²) in [7, 11) is 0. The van der Waals surface area contributed by atoms with Crippen molar-refractivity contribution >= 4 is 12.0 Å². The number of ether oxygens (including phenoxy) is 1. The summed E-state index contributed by atoms with van der Waals surface area (Å²) < 4.78 is 5.22. The topological polar surface area (TPSA) is 58.6 Å². The van der Waals surface area contributed by atoms with E-state index in [1.54, 1.807) is 4.90 Å². The van der Waals surface area contributed by atoms with Crippen LogP contribution in [-0.4, -0.2) is 42.1 Å². The monoisotopic (exact) mass is 260 g/mol. The first-order chi connectivity index (χ1) is 8.28. The van der Waals surface area contributed by atoms with Gasteiger partial charge in [-0.25, -0.2) is 4.79 Å². The van der Waals surface area contributed by atoms with E-state index in [2.05, 4.69) is 5.32 Å². The van der Waals surface area contributed by atoms with E-state index in [1.165, 1.54) is 6.92 Å². The third kappa shape index (κ3) is 6.47. The predicted molar refractivity (Wildman–Crippen MR) is 73.4 cm³/mol. The number of likely N-dealkylation sites (tertiary alicyclic amines) is 1. The Morgan fingerprint density at radius 2 is 1.83 bits per heavy atom. The fourth-order valence-corrected chi connectivity index (χ4v) is 1.46. The van der Waals surface area contributed by atoms with E-state index in [9.17, 15) is 9.59 Å². The van der Waals surface area contributed by atoms with Crippen molar-refractivity contribution in [2.24, 2.45) is 5.92 Å². The summed E-state index contributed by atoms with van der Waals surface area (Å²) in [6, 6.07) is 0. The van der Waals surface area contributed by atoms with E-state index in [0.717, 1.165) is 0 Å². The Labute approximate surface area is 111 Å². The van der Waals surface area contributed by atoms with Gasteiger partial charge in [0.25, 0.3) is 0 Å². The Hall–Kier alpha value is -1.26. The molecule has 1 heterocycles. The van der Waals surface area contributed by atoms with Gasteiger partial charge in [-0.2, -0.15) is 0 Å². The summed E-state index contributed by atoms with van der Waals surface area (Å²) in [6.07, 6.45) is -0.272. The normalized spacial score (nSPS) is 15.1. The van der Waals surface area contributed by atoms with Gasteiger partial charge in [-0.1, -0.05) is 13.8 Å². The zero-order valence-electron chi connectivity index (χ0n) is 12.4. The van der Waals surface area contributed by atoms with Crippen molar-refractivity contribution in [1.82, 2.24) is 10.2 Å². The maximum atomic E-state index is 11.5. The van der Waals surface area contributed by atoms with Crippen molar-refractivity contribution in [2.45, 2.75) is 47.1 Å². The SMILES string of the molecule is CC.CC(=O)NCC1CN(C(=O)OC(C)(C)C)C1.[HH]. The van der Waals surface area contributed by atoms with Crippen LogP contribution in [0.2, 0.25) is 0 Å². The number of amides is 2. The highest BCUT2D eigenvalue weighted by atomic mass is 16.6. The van der Waals surface area contributed by atoms with Crippen LogP contribution in [0.15, 0.2) is 0 Å². The number of carbonyl (C=O) groups excluding carboxylic acids is 2. The Balaban J connectivity index is 0. The first kappa shape index (κ1) is 16.7. The fourth-order valence-electron chi connectivity index (χ4n) is 1.46. The van der Waals surface area contributed by atoms with Crippen LogP contribution < -0.4 is 5.32 Å². The number of hydrogen-bond acceptors (Lipinski definition) is 3. The molecule has 0 aromatic carbocycles. The summed E-state index contributed by atoms with van der Waals surface area (Å²) >= 11 is 0. The molecule has 0 unspecified atom stereocenters. The number of nitrogens with one attached hydrogen (secondary N) is 1. The van der Waals surface area contributed by atoms with Gasteiger partial charge in [0.15, 0.2) is 0 Å². The summed E-state index contributed by atoms with van der Waals surface area (Å²) in [6.45, 7) is 13.0. The first-order valence-electron chi connectivity index (χ1n) is 6.50. The Kier molecular flexibility index (Phi) is 6.73. The summed E-state index contributed by atoms with van der Waals surface area (Å²) in [4.78, 5) is 23.9. The average Bonchev–Trinajstić information content (AvgIpc) is 2.15.